The van der Waals surface area contributed by atoms with E-state index in [1.54, 1.807) is 18.2 Å². The number of benzene rings is 1. The summed E-state index contributed by atoms with van der Waals surface area (Å²) in [5.74, 6) is -0.0193. The monoisotopic (exact) mass is 294 g/mol. The molecule has 1 unspecified atom stereocenters. The van der Waals surface area contributed by atoms with Gasteiger partial charge in [0.15, 0.2) is 11.5 Å². The van der Waals surface area contributed by atoms with Crippen LogP contribution >= 0.6 is 0 Å². The number of aromatic hydroxyl groups is 1. The largest absolute Gasteiger partial charge is 0.504 e. The summed E-state index contributed by atoms with van der Waals surface area (Å²) in [5.41, 5.74) is 0.876. The third kappa shape index (κ3) is 6.06. The lowest BCUT2D eigenvalue weighted by Gasteiger charge is -2.14. The lowest BCUT2D eigenvalue weighted by atomic mass is 9.93. The number of hydrogen-bond acceptors (Lipinski definition) is 3. The van der Waals surface area contributed by atoms with Crippen LogP contribution in [0.2, 0.25) is 0 Å². The van der Waals surface area contributed by atoms with Crippen LogP contribution in [0.4, 0.5) is 0 Å². The lowest BCUT2D eigenvalue weighted by molar-refractivity contribution is -0.142. The van der Waals surface area contributed by atoms with E-state index in [0.717, 1.165) is 24.8 Å². The number of rotatable bonds is 9. The Morgan fingerprint density at radius 3 is 2.48 bits per heavy atom. The lowest BCUT2D eigenvalue weighted by Crippen LogP contribution is -2.16. The van der Waals surface area contributed by atoms with Crippen LogP contribution in [0.5, 0.6) is 11.5 Å². The Morgan fingerprint density at radius 1 is 1.24 bits per heavy atom. The predicted molar refractivity (Wildman–Crippen MR) is 82.8 cm³/mol. The Morgan fingerprint density at radius 2 is 1.90 bits per heavy atom. The van der Waals surface area contributed by atoms with E-state index in [1.165, 1.54) is 7.11 Å². The molecule has 0 saturated carbocycles. The van der Waals surface area contributed by atoms with Crippen LogP contribution in [0, 0.1) is 11.8 Å². The summed E-state index contributed by atoms with van der Waals surface area (Å²) < 4.78 is 5.06. The Hall–Kier alpha value is -1.71. The van der Waals surface area contributed by atoms with Crippen LogP contribution in [0.1, 0.15) is 45.1 Å². The van der Waals surface area contributed by atoms with Crippen LogP contribution in [-0.2, 0) is 11.2 Å². The van der Waals surface area contributed by atoms with Gasteiger partial charge in [0.25, 0.3) is 0 Å². The average molecular weight is 294 g/mol. The number of phenols is 1. The molecule has 1 aromatic rings. The molecule has 4 nitrogen and oxygen atoms in total. The van der Waals surface area contributed by atoms with E-state index in [9.17, 15) is 15.0 Å². The van der Waals surface area contributed by atoms with Gasteiger partial charge in [-0.25, -0.2) is 0 Å². The Bertz CT molecular complexity index is 454. The molecule has 2 N–H and O–H groups in total. The van der Waals surface area contributed by atoms with Crippen molar-refractivity contribution in [2.24, 2.45) is 11.8 Å². The van der Waals surface area contributed by atoms with Crippen LogP contribution in [0.15, 0.2) is 18.2 Å². The van der Waals surface area contributed by atoms with Gasteiger partial charge < -0.3 is 14.9 Å². The first kappa shape index (κ1) is 17.3. The van der Waals surface area contributed by atoms with E-state index in [2.05, 4.69) is 13.8 Å². The molecule has 0 aliphatic rings. The van der Waals surface area contributed by atoms with Crippen molar-refractivity contribution in [3.05, 3.63) is 23.8 Å². The second-order valence-corrected chi connectivity index (χ2v) is 5.92. The number of unbranched alkanes of at least 4 members (excludes halogenated alkanes) is 1. The fourth-order valence-electron chi connectivity index (χ4n) is 2.39. The molecule has 0 saturated heterocycles. The highest BCUT2D eigenvalue weighted by Gasteiger charge is 2.18. The average Bonchev–Trinajstić information content (AvgIpc) is 2.43. The van der Waals surface area contributed by atoms with Crippen molar-refractivity contribution in [2.45, 2.75) is 46.0 Å². The first-order chi connectivity index (χ1) is 9.93. The molecule has 0 spiro atoms. The molecule has 0 heterocycles. The highest BCUT2D eigenvalue weighted by atomic mass is 16.5. The van der Waals surface area contributed by atoms with E-state index in [4.69, 9.17) is 4.74 Å². The van der Waals surface area contributed by atoms with Crippen molar-refractivity contribution >= 4 is 5.97 Å². The van der Waals surface area contributed by atoms with E-state index >= 15 is 0 Å². The smallest absolute Gasteiger partial charge is 0.306 e. The summed E-state index contributed by atoms with van der Waals surface area (Å²) in [5, 5.41) is 18.9. The van der Waals surface area contributed by atoms with Gasteiger partial charge in [0.1, 0.15) is 0 Å². The number of methoxy groups -OCH3 is 1. The maximum absolute atomic E-state index is 11.4. The zero-order chi connectivity index (χ0) is 15.8. The molecule has 0 amide bonds. The van der Waals surface area contributed by atoms with Gasteiger partial charge >= 0.3 is 5.97 Å². The zero-order valence-electron chi connectivity index (χ0n) is 13.1. The molecule has 1 aromatic carbocycles. The fourth-order valence-corrected chi connectivity index (χ4v) is 2.39. The van der Waals surface area contributed by atoms with Crippen LogP contribution in [0.3, 0.4) is 0 Å². The van der Waals surface area contributed by atoms with Crippen molar-refractivity contribution in [1.29, 1.82) is 0 Å². The van der Waals surface area contributed by atoms with E-state index < -0.39 is 5.97 Å². The molecule has 118 valence electrons. The molecule has 0 aliphatic heterocycles. The molecule has 0 radical (unpaired) electrons. The highest BCUT2D eigenvalue weighted by Crippen LogP contribution is 2.28. The predicted octanol–water partition coefficient (Wildman–Crippen LogP) is 3.86. The van der Waals surface area contributed by atoms with Crippen LogP contribution < -0.4 is 4.74 Å². The number of ether oxygens (including phenoxy) is 1. The minimum absolute atomic E-state index is 0.0741. The molecule has 0 aromatic heterocycles. The first-order valence-electron chi connectivity index (χ1n) is 7.52. The second kappa shape index (κ2) is 8.55. The Kier molecular flexibility index (Phi) is 7.06. The Labute approximate surface area is 126 Å². The summed E-state index contributed by atoms with van der Waals surface area (Å²) in [6, 6.07) is 5.01. The molecule has 1 rings (SSSR count). The molecule has 21 heavy (non-hydrogen) atoms. The zero-order valence-corrected chi connectivity index (χ0v) is 13.1. The normalized spacial score (nSPS) is 12.4. The van der Waals surface area contributed by atoms with Gasteiger partial charge in [-0.05, 0) is 36.5 Å². The summed E-state index contributed by atoms with van der Waals surface area (Å²) in [6.45, 7) is 4.36. The Balaban J connectivity index is 2.59. The van der Waals surface area contributed by atoms with E-state index in [-0.39, 0.29) is 11.7 Å². The SMILES string of the molecule is COc1cc(CC(CCCCC(C)C)C(=O)O)ccc1O. The van der Waals surface area contributed by atoms with Gasteiger partial charge in [0.2, 0.25) is 0 Å². The van der Waals surface area contributed by atoms with Crippen molar-refractivity contribution in [3.8, 4) is 11.5 Å². The highest BCUT2D eigenvalue weighted by molar-refractivity contribution is 5.70. The number of carbonyl (C=O) groups is 1. The van der Waals surface area contributed by atoms with Crippen molar-refractivity contribution < 1.29 is 19.7 Å². The summed E-state index contributed by atoms with van der Waals surface area (Å²) in [7, 11) is 1.49. The summed E-state index contributed by atoms with van der Waals surface area (Å²) in [6.07, 6.45) is 4.29. The van der Waals surface area contributed by atoms with Crippen molar-refractivity contribution in [3.63, 3.8) is 0 Å². The van der Waals surface area contributed by atoms with E-state index in [1.807, 2.05) is 0 Å². The molecular weight excluding hydrogens is 268 g/mol. The third-order valence-electron chi connectivity index (χ3n) is 3.66. The molecule has 1 atom stereocenters. The van der Waals surface area contributed by atoms with Crippen LogP contribution in [-0.4, -0.2) is 23.3 Å². The molecule has 0 bridgehead atoms. The molecule has 0 fully saturated rings. The van der Waals surface area contributed by atoms with Crippen LogP contribution in [0.25, 0.3) is 0 Å². The van der Waals surface area contributed by atoms with Gasteiger partial charge in [-0.3, -0.25) is 4.79 Å². The number of aliphatic carboxylic acids is 1. The second-order valence-electron chi connectivity index (χ2n) is 5.92. The van der Waals surface area contributed by atoms with Gasteiger partial charge in [0, 0.05) is 0 Å². The molecular formula is C17H26O4. The number of hydrogen-bond donors (Lipinski definition) is 2. The topological polar surface area (TPSA) is 66.8 Å². The molecule has 4 heteroatoms. The number of carboxylic acid groups (broad SMARTS) is 1. The number of phenolic OH excluding ortho intramolecular Hbond substituents is 1. The van der Waals surface area contributed by atoms with Crippen molar-refractivity contribution in [2.75, 3.05) is 7.11 Å². The van der Waals surface area contributed by atoms with Gasteiger partial charge in [-0.1, -0.05) is 39.2 Å². The number of carboxylic acids is 1. The van der Waals surface area contributed by atoms with E-state index in [0.29, 0.717) is 24.5 Å². The minimum atomic E-state index is -0.758. The maximum atomic E-state index is 11.4. The third-order valence-corrected chi connectivity index (χ3v) is 3.66. The summed E-state index contributed by atoms with van der Waals surface area (Å²) in [4.78, 5) is 11.4. The minimum Gasteiger partial charge on any atom is -0.504 e. The quantitative estimate of drug-likeness (QED) is 0.679. The maximum Gasteiger partial charge on any atom is 0.306 e. The van der Waals surface area contributed by atoms with Gasteiger partial charge in [-0.2, -0.15) is 0 Å². The summed E-state index contributed by atoms with van der Waals surface area (Å²) >= 11 is 0. The first-order valence-corrected chi connectivity index (χ1v) is 7.52. The fraction of sp³-hybridized carbons (Fsp3) is 0.588. The van der Waals surface area contributed by atoms with Gasteiger partial charge in [-0.15, -0.1) is 0 Å². The van der Waals surface area contributed by atoms with Crippen molar-refractivity contribution in [1.82, 2.24) is 0 Å². The van der Waals surface area contributed by atoms with Gasteiger partial charge in [0.05, 0.1) is 13.0 Å². The standard InChI is InChI=1S/C17H26O4/c1-12(2)6-4-5-7-14(17(19)20)10-13-8-9-15(18)16(11-13)21-3/h8-9,11-12,14,18H,4-7,10H2,1-3H3,(H,19,20). The molecule has 0 aliphatic carbocycles.